The Balaban J connectivity index is 1.74. The standard InChI is InChI=1S/C17H21N5O2S/c1-11-4-2-3-5-12(11)10-25-17-20-14(18)8-15(21-17)22-6-7-24-13(9-22)16(19)23/h2-5,8,13H,6-7,9-10H2,1H3,(H2,19,23)(H2,18,20,21)/t13-/m0/s1. The van der Waals surface area contributed by atoms with Crippen LogP contribution in [0.1, 0.15) is 11.1 Å². The molecule has 0 radical (unpaired) electrons. The number of rotatable bonds is 5. The lowest BCUT2D eigenvalue weighted by Gasteiger charge is -2.32. The molecule has 1 atom stereocenters. The van der Waals surface area contributed by atoms with Crippen molar-refractivity contribution in [3.8, 4) is 0 Å². The maximum atomic E-state index is 11.4. The van der Waals surface area contributed by atoms with Gasteiger partial charge in [-0.1, -0.05) is 36.0 Å². The molecule has 3 rings (SSSR count). The van der Waals surface area contributed by atoms with Crippen molar-refractivity contribution in [3.63, 3.8) is 0 Å². The zero-order valence-electron chi connectivity index (χ0n) is 14.0. The van der Waals surface area contributed by atoms with Crippen molar-refractivity contribution in [2.24, 2.45) is 5.73 Å². The molecule has 1 fully saturated rings. The largest absolute Gasteiger partial charge is 0.383 e. The SMILES string of the molecule is Cc1ccccc1CSc1nc(N)cc(N2CCO[C@H](C(N)=O)C2)n1. The average Bonchev–Trinajstić information content (AvgIpc) is 2.61. The number of nitrogens with zero attached hydrogens (tertiary/aromatic N) is 3. The molecular weight excluding hydrogens is 338 g/mol. The summed E-state index contributed by atoms with van der Waals surface area (Å²) in [6, 6.07) is 9.92. The minimum Gasteiger partial charge on any atom is -0.383 e. The smallest absolute Gasteiger partial charge is 0.248 e. The van der Waals surface area contributed by atoms with Crippen LogP contribution in [0, 0.1) is 6.92 Å². The van der Waals surface area contributed by atoms with E-state index in [1.165, 1.54) is 22.9 Å². The Labute approximate surface area is 150 Å². The second-order valence-corrected chi connectivity index (χ2v) is 6.80. The lowest BCUT2D eigenvalue weighted by molar-refractivity contribution is -0.130. The predicted molar refractivity (Wildman–Crippen MR) is 98.3 cm³/mol. The summed E-state index contributed by atoms with van der Waals surface area (Å²) in [5.74, 6) is 1.39. The van der Waals surface area contributed by atoms with E-state index >= 15 is 0 Å². The van der Waals surface area contributed by atoms with Crippen LogP contribution in [0.2, 0.25) is 0 Å². The lowest BCUT2D eigenvalue weighted by atomic mass is 10.1. The van der Waals surface area contributed by atoms with Gasteiger partial charge in [-0.2, -0.15) is 0 Å². The third-order valence-electron chi connectivity index (χ3n) is 4.04. The molecule has 1 saturated heterocycles. The van der Waals surface area contributed by atoms with E-state index in [1.54, 1.807) is 6.07 Å². The molecule has 0 aliphatic carbocycles. The summed E-state index contributed by atoms with van der Waals surface area (Å²) < 4.78 is 5.37. The first-order chi connectivity index (χ1) is 12.0. The molecule has 2 heterocycles. The molecule has 132 valence electrons. The number of hydrogen-bond acceptors (Lipinski definition) is 7. The number of carbonyl (C=O) groups excluding carboxylic acids is 1. The molecule has 1 amide bonds. The van der Waals surface area contributed by atoms with Gasteiger partial charge in [0.2, 0.25) is 5.91 Å². The van der Waals surface area contributed by atoms with Gasteiger partial charge in [0, 0.05) is 18.4 Å². The Morgan fingerprint density at radius 3 is 2.96 bits per heavy atom. The summed E-state index contributed by atoms with van der Waals surface area (Å²) in [5.41, 5.74) is 13.8. The van der Waals surface area contributed by atoms with Crippen LogP contribution in [0.4, 0.5) is 11.6 Å². The molecular formula is C17H21N5O2S. The number of anilines is 2. The van der Waals surface area contributed by atoms with Gasteiger partial charge in [0.25, 0.3) is 0 Å². The van der Waals surface area contributed by atoms with Crippen molar-refractivity contribution in [3.05, 3.63) is 41.5 Å². The fraction of sp³-hybridized carbons (Fsp3) is 0.353. The first-order valence-corrected chi connectivity index (χ1v) is 8.99. The van der Waals surface area contributed by atoms with Crippen LogP contribution >= 0.6 is 11.8 Å². The van der Waals surface area contributed by atoms with Crippen molar-refractivity contribution in [1.29, 1.82) is 0 Å². The van der Waals surface area contributed by atoms with Gasteiger partial charge >= 0.3 is 0 Å². The Hall–Kier alpha value is -2.32. The highest BCUT2D eigenvalue weighted by atomic mass is 32.2. The quantitative estimate of drug-likeness (QED) is 0.613. The van der Waals surface area contributed by atoms with Crippen LogP contribution in [0.5, 0.6) is 0 Å². The first kappa shape index (κ1) is 17.5. The van der Waals surface area contributed by atoms with E-state index in [-0.39, 0.29) is 0 Å². The molecule has 8 heteroatoms. The normalized spacial score (nSPS) is 17.5. The lowest BCUT2D eigenvalue weighted by Crippen LogP contribution is -2.48. The van der Waals surface area contributed by atoms with Crippen molar-refractivity contribution >= 4 is 29.3 Å². The number of nitrogen functional groups attached to an aromatic ring is 1. The van der Waals surface area contributed by atoms with Gasteiger partial charge in [-0.15, -0.1) is 0 Å². The number of aryl methyl sites for hydroxylation is 1. The van der Waals surface area contributed by atoms with Crippen LogP contribution in [-0.2, 0) is 15.3 Å². The zero-order valence-corrected chi connectivity index (χ0v) is 14.8. The van der Waals surface area contributed by atoms with E-state index in [9.17, 15) is 4.79 Å². The molecule has 1 aromatic carbocycles. The number of nitrogens with two attached hydrogens (primary N) is 2. The second kappa shape index (κ2) is 7.71. The molecule has 1 aliphatic heterocycles. The number of primary amides is 1. The Morgan fingerprint density at radius 2 is 2.20 bits per heavy atom. The van der Waals surface area contributed by atoms with Crippen LogP contribution in [-0.4, -0.2) is 41.7 Å². The molecule has 1 aromatic heterocycles. The summed E-state index contributed by atoms with van der Waals surface area (Å²) in [5, 5.41) is 0.611. The molecule has 2 aromatic rings. The van der Waals surface area contributed by atoms with Gasteiger partial charge in [0.05, 0.1) is 13.2 Å². The molecule has 0 unspecified atom stereocenters. The van der Waals surface area contributed by atoms with Crippen LogP contribution in [0.25, 0.3) is 0 Å². The Kier molecular flexibility index (Phi) is 5.40. The molecule has 4 N–H and O–H groups in total. The highest BCUT2D eigenvalue weighted by Gasteiger charge is 2.26. The van der Waals surface area contributed by atoms with Gasteiger partial charge in [0.1, 0.15) is 11.6 Å². The number of amides is 1. The van der Waals surface area contributed by atoms with E-state index in [0.29, 0.717) is 36.5 Å². The van der Waals surface area contributed by atoms with E-state index < -0.39 is 12.0 Å². The fourth-order valence-corrected chi connectivity index (χ4v) is 3.54. The topological polar surface area (TPSA) is 107 Å². The highest BCUT2D eigenvalue weighted by molar-refractivity contribution is 7.98. The maximum Gasteiger partial charge on any atom is 0.248 e. The number of morpholine rings is 1. The van der Waals surface area contributed by atoms with Crippen LogP contribution in [0.3, 0.4) is 0 Å². The summed E-state index contributed by atoms with van der Waals surface area (Å²) in [7, 11) is 0. The molecule has 7 nitrogen and oxygen atoms in total. The van der Waals surface area contributed by atoms with Crippen molar-refractivity contribution in [2.45, 2.75) is 23.9 Å². The molecule has 0 bridgehead atoms. The summed E-state index contributed by atoms with van der Waals surface area (Å²) in [6.45, 7) is 3.50. The Morgan fingerprint density at radius 1 is 1.40 bits per heavy atom. The van der Waals surface area contributed by atoms with Gasteiger partial charge in [-0.3, -0.25) is 4.79 Å². The third-order valence-corrected chi connectivity index (χ3v) is 4.93. The number of ether oxygens (including phenoxy) is 1. The molecule has 1 aliphatic rings. The number of benzene rings is 1. The summed E-state index contributed by atoms with van der Waals surface area (Å²) in [6.07, 6.45) is -0.631. The van der Waals surface area contributed by atoms with E-state index in [4.69, 9.17) is 16.2 Å². The maximum absolute atomic E-state index is 11.4. The zero-order chi connectivity index (χ0) is 17.8. The number of aromatic nitrogens is 2. The predicted octanol–water partition coefficient (Wildman–Crippen LogP) is 1.35. The monoisotopic (exact) mass is 359 g/mol. The first-order valence-electron chi connectivity index (χ1n) is 8.00. The van der Waals surface area contributed by atoms with E-state index in [2.05, 4.69) is 29.0 Å². The minimum atomic E-state index is -0.631. The highest BCUT2D eigenvalue weighted by Crippen LogP contribution is 2.25. The van der Waals surface area contributed by atoms with Crippen molar-refractivity contribution in [2.75, 3.05) is 30.3 Å². The summed E-state index contributed by atoms with van der Waals surface area (Å²) >= 11 is 1.54. The number of carbonyl (C=O) groups is 1. The molecule has 0 spiro atoms. The van der Waals surface area contributed by atoms with Gasteiger partial charge in [0.15, 0.2) is 11.3 Å². The number of thioether (sulfide) groups is 1. The van der Waals surface area contributed by atoms with Crippen LogP contribution in [0.15, 0.2) is 35.5 Å². The molecule has 0 saturated carbocycles. The summed E-state index contributed by atoms with van der Waals surface area (Å²) in [4.78, 5) is 22.2. The van der Waals surface area contributed by atoms with Gasteiger partial charge in [-0.05, 0) is 18.1 Å². The van der Waals surface area contributed by atoms with Crippen molar-refractivity contribution in [1.82, 2.24) is 9.97 Å². The second-order valence-electron chi connectivity index (χ2n) is 5.86. The van der Waals surface area contributed by atoms with Crippen molar-refractivity contribution < 1.29 is 9.53 Å². The average molecular weight is 359 g/mol. The Bertz CT molecular complexity index is 770. The van der Waals surface area contributed by atoms with Gasteiger partial charge in [-0.25, -0.2) is 9.97 Å². The van der Waals surface area contributed by atoms with Gasteiger partial charge < -0.3 is 21.1 Å². The fourth-order valence-electron chi connectivity index (χ4n) is 2.60. The minimum absolute atomic E-state index is 0.369. The molecule has 25 heavy (non-hydrogen) atoms. The third kappa shape index (κ3) is 4.40. The number of hydrogen-bond donors (Lipinski definition) is 2. The van der Waals surface area contributed by atoms with E-state index in [1.807, 2.05) is 17.0 Å². The van der Waals surface area contributed by atoms with Crippen LogP contribution < -0.4 is 16.4 Å². The van der Waals surface area contributed by atoms with E-state index in [0.717, 1.165) is 5.75 Å².